The highest BCUT2D eigenvalue weighted by Gasteiger charge is 2.39. The maximum Gasteiger partial charge on any atom is 0.0451 e. The number of aryl methyl sites for hydroxylation is 4. The Morgan fingerprint density at radius 1 is 0.535 bits per heavy atom. The first-order valence-electron chi connectivity index (χ1n) is 16.3. The van der Waals surface area contributed by atoms with E-state index in [0.29, 0.717) is 11.8 Å². The van der Waals surface area contributed by atoms with Gasteiger partial charge in [-0.15, -0.1) is 0 Å². The summed E-state index contributed by atoms with van der Waals surface area (Å²) in [5.41, 5.74) is 16.6. The number of hydrogen-bond acceptors (Lipinski definition) is 2. The lowest BCUT2D eigenvalue weighted by Crippen LogP contribution is -2.45. The molecule has 0 amide bonds. The second-order valence-corrected chi connectivity index (χ2v) is 15.0. The largest absolute Gasteiger partial charge is 0.335 e. The first kappa shape index (κ1) is 29.5. The van der Waals surface area contributed by atoms with Gasteiger partial charge in [-0.2, -0.15) is 0 Å². The number of anilines is 4. The predicted molar refractivity (Wildman–Crippen MR) is 186 cm³/mol. The topological polar surface area (TPSA) is 6.48 Å². The lowest BCUT2D eigenvalue weighted by Gasteiger charge is -2.48. The molecule has 0 aromatic heterocycles. The highest BCUT2D eigenvalue weighted by molar-refractivity contribution is 5.75. The monoisotopic (exact) mass is 570 g/mol. The third-order valence-electron chi connectivity index (χ3n) is 10.1. The molecule has 4 aromatic carbocycles. The average molecular weight is 571 g/mol. The molecule has 2 atom stereocenters. The number of rotatable bonds is 4. The summed E-state index contributed by atoms with van der Waals surface area (Å²) in [5.74, 6) is 1.04. The van der Waals surface area contributed by atoms with E-state index in [9.17, 15) is 0 Å². The molecule has 2 aliphatic rings. The number of nitrogens with zero attached hydrogens (tertiary/aromatic N) is 2. The molecule has 224 valence electrons. The molecule has 2 heterocycles. The fourth-order valence-corrected chi connectivity index (χ4v) is 8.44. The van der Waals surface area contributed by atoms with Gasteiger partial charge in [0.05, 0.1) is 0 Å². The van der Waals surface area contributed by atoms with Gasteiger partial charge in [0.25, 0.3) is 0 Å². The van der Waals surface area contributed by atoms with Crippen LogP contribution in [0, 0.1) is 27.7 Å². The molecule has 0 saturated heterocycles. The lowest BCUT2D eigenvalue weighted by molar-refractivity contribution is 0.408. The van der Waals surface area contributed by atoms with Gasteiger partial charge in [0.15, 0.2) is 0 Å². The minimum Gasteiger partial charge on any atom is -0.335 e. The van der Waals surface area contributed by atoms with Crippen molar-refractivity contribution in [2.75, 3.05) is 9.80 Å². The molecule has 2 heteroatoms. The summed E-state index contributed by atoms with van der Waals surface area (Å²) in [7, 11) is 0. The Kier molecular flexibility index (Phi) is 7.27. The quantitative estimate of drug-likeness (QED) is 0.241. The van der Waals surface area contributed by atoms with Crippen LogP contribution in [0.3, 0.4) is 0 Å². The lowest BCUT2D eigenvalue weighted by atomic mass is 9.78. The first-order valence-corrected chi connectivity index (χ1v) is 16.3. The summed E-state index contributed by atoms with van der Waals surface area (Å²) >= 11 is 0. The average Bonchev–Trinajstić information content (AvgIpc) is 2.91. The maximum absolute atomic E-state index is 2.60. The summed E-state index contributed by atoms with van der Waals surface area (Å²) in [6.07, 6.45) is 3.23. The van der Waals surface area contributed by atoms with E-state index in [4.69, 9.17) is 0 Å². The number of fused-ring (bicyclic) bond motifs is 2. The minimum atomic E-state index is 0.0536. The summed E-state index contributed by atoms with van der Waals surface area (Å²) in [6, 6.07) is 28.3. The number of hydrogen-bond donors (Lipinski definition) is 0. The van der Waals surface area contributed by atoms with Crippen molar-refractivity contribution in [3.63, 3.8) is 0 Å². The van der Waals surface area contributed by atoms with Gasteiger partial charge in [-0.1, -0.05) is 73.5 Å². The highest BCUT2D eigenvalue weighted by atomic mass is 15.2. The smallest absolute Gasteiger partial charge is 0.0451 e. The van der Waals surface area contributed by atoms with E-state index in [0.717, 1.165) is 19.3 Å². The van der Waals surface area contributed by atoms with E-state index in [-0.39, 0.29) is 11.1 Å². The van der Waals surface area contributed by atoms with Gasteiger partial charge in [-0.05, 0) is 144 Å². The third kappa shape index (κ3) is 5.28. The molecular formula is C41H50N2. The summed E-state index contributed by atoms with van der Waals surface area (Å²) < 4.78 is 0. The molecule has 0 spiro atoms. The summed E-state index contributed by atoms with van der Waals surface area (Å²) in [6.45, 7) is 23.3. The van der Waals surface area contributed by atoms with Gasteiger partial charge in [-0.25, -0.2) is 0 Å². The zero-order chi connectivity index (χ0) is 30.8. The Bertz CT molecular complexity index is 1570. The van der Waals surface area contributed by atoms with Gasteiger partial charge in [0.2, 0.25) is 0 Å². The summed E-state index contributed by atoms with van der Waals surface area (Å²) in [5, 5.41) is 0. The Hall–Kier alpha value is -3.52. The van der Waals surface area contributed by atoms with Crippen molar-refractivity contribution in [3.8, 4) is 0 Å². The van der Waals surface area contributed by atoms with Gasteiger partial charge < -0.3 is 9.80 Å². The maximum atomic E-state index is 2.60. The zero-order valence-corrected chi connectivity index (χ0v) is 28.1. The van der Waals surface area contributed by atoms with E-state index < -0.39 is 0 Å². The van der Waals surface area contributed by atoms with E-state index in [1.165, 1.54) is 67.3 Å². The second kappa shape index (κ2) is 10.6. The second-order valence-electron chi connectivity index (χ2n) is 15.0. The molecule has 43 heavy (non-hydrogen) atoms. The predicted octanol–water partition coefficient (Wildman–Crippen LogP) is 11.4. The van der Waals surface area contributed by atoms with E-state index >= 15 is 0 Å². The molecule has 0 bridgehead atoms. The minimum absolute atomic E-state index is 0.0536. The van der Waals surface area contributed by atoms with Crippen LogP contribution in [0.2, 0.25) is 0 Å². The van der Waals surface area contributed by atoms with Crippen molar-refractivity contribution in [1.82, 2.24) is 0 Å². The zero-order valence-electron chi connectivity index (χ0n) is 28.1. The molecule has 0 fully saturated rings. The van der Waals surface area contributed by atoms with Crippen LogP contribution in [-0.2, 0) is 6.42 Å². The van der Waals surface area contributed by atoms with Crippen molar-refractivity contribution >= 4 is 22.7 Å². The molecule has 0 saturated carbocycles. The normalized spacial score (nSPS) is 20.5. The van der Waals surface area contributed by atoms with Crippen LogP contribution in [0.5, 0.6) is 0 Å². The van der Waals surface area contributed by atoms with Gasteiger partial charge in [0, 0.05) is 33.8 Å². The third-order valence-corrected chi connectivity index (χ3v) is 10.1. The van der Waals surface area contributed by atoms with Crippen LogP contribution < -0.4 is 9.80 Å². The van der Waals surface area contributed by atoms with Crippen LogP contribution in [0.15, 0.2) is 72.8 Å². The van der Waals surface area contributed by atoms with Crippen LogP contribution in [-0.4, -0.2) is 11.1 Å². The molecular weight excluding hydrogens is 520 g/mol. The SMILES string of the molecule is Cc1ccc(N2c3ccc(Cc4ccc5c(c4)C(C)CC(C)(C)N5c4ccc(C)cc4C)cc3C(C)CC2(C)C)c(C)c1. The molecule has 4 aromatic rings. The molecule has 0 N–H and O–H groups in total. The van der Waals surface area contributed by atoms with Crippen LogP contribution in [0.1, 0.15) is 111 Å². The van der Waals surface area contributed by atoms with Crippen LogP contribution in [0.4, 0.5) is 22.7 Å². The highest BCUT2D eigenvalue weighted by Crippen LogP contribution is 2.50. The molecule has 2 unspecified atom stereocenters. The summed E-state index contributed by atoms with van der Waals surface area (Å²) in [4.78, 5) is 5.20. The van der Waals surface area contributed by atoms with Crippen molar-refractivity contribution in [1.29, 1.82) is 0 Å². The molecule has 0 radical (unpaired) electrons. The van der Waals surface area contributed by atoms with Crippen LogP contribution in [0.25, 0.3) is 0 Å². The number of benzene rings is 4. The first-order chi connectivity index (χ1) is 20.2. The van der Waals surface area contributed by atoms with Gasteiger partial charge in [-0.3, -0.25) is 0 Å². The standard InChI is InChI=1S/C41H50N2/c1-26-11-15-36(28(3)19-26)42-38-17-13-32(22-34(38)30(5)24-40(42,7)8)21-33-14-18-39-35(23-33)31(6)25-41(9,10)43(39)37-16-12-27(2)20-29(37)4/h11-20,22-23,30-31H,21,24-25H2,1-10H3. The molecule has 0 aliphatic carbocycles. The van der Waals surface area contributed by atoms with Crippen molar-refractivity contribution in [2.24, 2.45) is 0 Å². The van der Waals surface area contributed by atoms with E-state index in [1.807, 2.05) is 0 Å². The van der Waals surface area contributed by atoms with Crippen molar-refractivity contribution < 1.29 is 0 Å². The van der Waals surface area contributed by atoms with Gasteiger partial charge in [0.1, 0.15) is 0 Å². The van der Waals surface area contributed by atoms with E-state index in [2.05, 4.69) is 152 Å². The van der Waals surface area contributed by atoms with Crippen LogP contribution >= 0.6 is 0 Å². The van der Waals surface area contributed by atoms with Crippen molar-refractivity contribution in [2.45, 2.75) is 111 Å². The van der Waals surface area contributed by atoms with Gasteiger partial charge >= 0.3 is 0 Å². The van der Waals surface area contributed by atoms with Crippen molar-refractivity contribution in [3.05, 3.63) is 117 Å². The fourth-order valence-electron chi connectivity index (χ4n) is 8.44. The fraction of sp³-hybridized carbons (Fsp3) is 0.415. The Balaban J connectivity index is 1.35. The molecule has 6 rings (SSSR count). The molecule has 2 aliphatic heterocycles. The Morgan fingerprint density at radius 2 is 0.907 bits per heavy atom. The van der Waals surface area contributed by atoms with E-state index in [1.54, 1.807) is 0 Å². The Morgan fingerprint density at radius 3 is 1.28 bits per heavy atom. The Labute approximate surface area is 260 Å². The molecule has 2 nitrogen and oxygen atoms in total.